The zero-order valence-corrected chi connectivity index (χ0v) is 14.3. The molecule has 0 saturated heterocycles. The van der Waals surface area contributed by atoms with Gasteiger partial charge < -0.3 is 5.73 Å². The third-order valence-electron chi connectivity index (χ3n) is 3.92. The molecule has 1 aliphatic rings. The predicted molar refractivity (Wildman–Crippen MR) is 88.4 cm³/mol. The Labute approximate surface area is 135 Å². The van der Waals surface area contributed by atoms with E-state index in [1.165, 1.54) is 0 Å². The quantitative estimate of drug-likeness (QED) is 0.851. The van der Waals surface area contributed by atoms with Gasteiger partial charge in [0.1, 0.15) is 5.82 Å². The second kappa shape index (κ2) is 7.88. The van der Waals surface area contributed by atoms with Crippen molar-refractivity contribution in [2.24, 2.45) is 17.6 Å². The second-order valence-electron chi connectivity index (χ2n) is 5.96. The number of rotatable bonds is 3. The van der Waals surface area contributed by atoms with Crippen molar-refractivity contribution in [1.82, 2.24) is 14.9 Å². The molecule has 0 bridgehead atoms. The first-order valence-electron chi connectivity index (χ1n) is 7.42. The molecule has 0 aromatic carbocycles. The molecule has 0 radical (unpaired) electrons. The number of halogens is 1. The molecule has 1 saturated carbocycles. The van der Waals surface area contributed by atoms with Crippen molar-refractivity contribution in [1.29, 1.82) is 0 Å². The standard InChI is InChI=1S/C16H23BrN4/c1-21(2)9-3-4-12-5-7-13(8-6-12)15(18)16-19-10-14(17)11-20-16/h10-13,15H,5-9,18H2,1-2H3. The molecule has 2 N–H and O–H groups in total. The third-order valence-corrected chi connectivity index (χ3v) is 4.33. The Morgan fingerprint density at radius 1 is 1.29 bits per heavy atom. The molecule has 0 amide bonds. The highest BCUT2D eigenvalue weighted by Gasteiger charge is 2.27. The van der Waals surface area contributed by atoms with Gasteiger partial charge in [0, 0.05) is 18.3 Å². The van der Waals surface area contributed by atoms with E-state index in [2.05, 4.69) is 42.6 Å². The largest absolute Gasteiger partial charge is 0.321 e. The number of nitrogens with two attached hydrogens (primary N) is 1. The fourth-order valence-electron chi connectivity index (χ4n) is 2.68. The lowest BCUT2D eigenvalue weighted by Crippen LogP contribution is -2.27. The molecule has 1 atom stereocenters. The molecule has 1 aromatic heterocycles. The fourth-order valence-corrected chi connectivity index (χ4v) is 2.88. The smallest absolute Gasteiger partial charge is 0.145 e. The lowest BCUT2D eigenvalue weighted by atomic mass is 9.78. The zero-order valence-electron chi connectivity index (χ0n) is 12.7. The van der Waals surface area contributed by atoms with Gasteiger partial charge in [-0.1, -0.05) is 11.8 Å². The molecule has 1 unspecified atom stereocenters. The van der Waals surface area contributed by atoms with Crippen molar-refractivity contribution >= 4 is 15.9 Å². The van der Waals surface area contributed by atoms with E-state index in [-0.39, 0.29) is 6.04 Å². The normalized spacial score (nSPS) is 23.5. The van der Waals surface area contributed by atoms with Crippen LogP contribution in [0.4, 0.5) is 0 Å². The molecule has 114 valence electrons. The van der Waals surface area contributed by atoms with Gasteiger partial charge in [-0.2, -0.15) is 0 Å². The van der Waals surface area contributed by atoms with Crippen LogP contribution >= 0.6 is 15.9 Å². The van der Waals surface area contributed by atoms with E-state index in [1.54, 1.807) is 12.4 Å². The Hall–Kier alpha value is -0.960. The van der Waals surface area contributed by atoms with E-state index in [1.807, 2.05) is 14.1 Å². The topological polar surface area (TPSA) is 55.0 Å². The molecule has 21 heavy (non-hydrogen) atoms. The summed E-state index contributed by atoms with van der Waals surface area (Å²) in [4.78, 5) is 10.7. The number of aromatic nitrogens is 2. The molecule has 1 fully saturated rings. The summed E-state index contributed by atoms with van der Waals surface area (Å²) < 4.78 is 0.887. The van der Waals surface area contributed by atoms with Gasteiger partial charge in [0.25, 0.3) is 0 Å². The maximum absolute atomic E-state index is 6.32. The van der Waals surface area contributed by atoms with Gasteiger partial charge in [0.05, 0.1) is 17.1 Å². The first-order valence-corrected chi connectivity index (χ1v) is 8.21. The van der Waals surface area contributed by atoms with E-state index in [0.717, 1.165) is 42.5 Å². The maximum Gasteiger partial charge on any atom is 0.145 e. The van der Waals surface area contributed by atoms with E-state index in [0.29, 0.717) is 11.8 Å². The van der Waals surface area contributed by atoms with Crippen molar-refractivity contribution in [3.05, 3.63) is 22.7 Å². The van der Waals surface area contributed by atoms with Crippen molar-refractivity contribution in [2.45, 2.75) is 31.7 Å². The highest BCUT2D eigenvalue weighted by atomic mass is 79.9. The molecular formula is C16H23BrN4. The molecule has 0 aliphatic heterocycles. The lowest BCUT2D eigenvalue weighted by Gasteiger charge is -2.29. The van der Waals surface area contributed by atoms with Crippen molar-refractivity contribution in [3.8, 4) is 11.8 Å². The first-order chi connectivity index (χ1) is 10.1. The lowest BCUT2D eigenvalue weighted by molar-refractivity contribution is 0.270. The molecule has 5 heteroatoms. The van der Waals surface area contributed by atoms with Crippen LogP contribution in [-0.4, -0.2) is 35.5 Å². The molecule has 1 aromatic rings. The SMILES string of the molecule is CN(C)CC#CC1CCC(C(N)c2ncc(Br)cn2)CC1. The number of hydrogen-bond acceptors (Lipinski definition) is 4. The summed E-state index contributed by atoms with van der Waals surface area (Å²) in [6, 6.07) is -0.0613. The highest BCUT2D eigenvalue weighted by Crippen LogP contribution is 2.34. The van der Waals surface area contributed by atoms with E-state index >= 15 is 0 Å². The van der Waals surface area contributed by atoms with Crippen LogP contribution in [0.1, 0.15) is 37.5 Å². The molecule has 0 spiro atoms. The van der Waals surface area contributed by atoms with Crippen LogP contribution in [0.25, 0.3) is 0 Å². The minimum absolute atomic E-state index is 0.0613. The Kier molecular flexibility index (Phi) is 6.16. The Bertz CT molecular complexity index is 495. The molecule has 1 aliphatic carbocycles. The summed E-state index contributed by atoms with van der Waals surface area (Å²) in [5.41, 5.74) is 6.32. The Morgan fingerprint density at radius 2 is 1.90 bits per heavy atom. The van der Waals surface area contributed by atoms with Gasteiger partial charge in [0.15, 0.2) is 0 Å². The molecular weight excluding hydrogens is 328 g/mol. The fraction of sp³-hybridized carbons (Fsp3) is 0.625. The van der Waals surface area contributed by atoms with Crippen molar-refractivity contribution in [2.75, 3.05) is 20.6 Å². The number of nitrogens with zero attached hydrogens (tertiary/aromatic N) is 3. The minimum atomic E-state index is -0.0613. The summed E-state index contributed by atoms with van der Waals surface area (Å²) in [5, 5.41) is 0. The van der Waals surface area contributed by atoms with Gasteiger partial charge in [-0.05, 0) is 61.6 Å². The van der Waals surface area contributed by atoms with Crippen molar-refractivity contribution in [3.63, 3.8) is 0 Å². The summed E-state index contributed by atoms with van der Waals surface area (Å²) in [5.74, 6) is 8.39. The van der Waals surface area contributed by atoms with Gasteiger partial charge in [-0.3, -0.25) is 4.90 Å². The third kappa shape index (κ3) is 5.06. The van der Waals surface area contributed by atoms with Crippen LogP contribution in [0.5, 0.6) is 0 Å². The molecule has 2 rings (SSSR count). The van der Waals surface area contributed by atoms with Gasteiger partial charge in [0.2, 0.25) is 0 Å². The van der Waals surface area contributed by atoms with E-state index < -0.39 is 0 Å². The second-order valence-corrected chi connectivity index (χ2v) is 6.87. The molecule has 1 heterocycles. The van der Waals surface area contributed by atoms with Crippen LogP contribution in [0, 0.1) is 23.7 Å². The summed E-state index contributed by atoms with van der Waals surface area (Å²) >= 11 is 3.35. The number of hydrogen-bond donors (Lipinski definition) is 1. The van der Waals surface area contributed by atoms with E-state index in [4.69, 9.17) is 5.73 Å². The van der Waals surface area contributed by atoms with Crippen LogP contribution in [0.3, 0.4) is 0 Å². The average Bonchev–Trinajstić information content (AvgIpc) is 2.48. The van der Waals surface area contributed by atoms with E-state index in [9.17, 15) is 0 Å². The first kappa shape index (κ1) is 16.4. The van der Waals surface area contributed by atoms with Crippen LogP contribution in [0.2, 0.25) is 0 Å². The van der Waals surface area contributed by atoms with Gasteiger partial charge in [-0.15, -0.1) is 0 Å². The Morgan fingerprint density at radius 3 is 2.48 bits per heavy atom. The van der Waals surface area contributed by atoms with Crippen LogP contribution in [0.15, 0.2) is 16.9 Å². The minimum Gasteiger partial charge on any atom is -0.321 e. The zero-order chi connectivity index (χ0) is 15.2. The summed E-state index contributed by atoms with van der Waals surface area (Å²) in [6.07, 6.45) is 8.02. The Balaban J connectivity index is 1.85. The molecule has 4 nitrogen and oxygen atoms in total. The highest BCUT2D eigenvalue weighted by molar-refractivity contribution is 9.10. The maximum atomic E-state index is 6.32. The van der Waals surface area contributed by atoms with Crippen LogP contribution in [-0.2, 0) is 0 Å². The van der Waals surface area contributed by atoms with Crippen LogP contribution < -0.4 is 5.73 Å². The average molecular weight is 351 g/mol. The monoisotopic (exact) mass is 350 g/mol. The summed E-state index contributed by atoms with van der Waals surface area (Å²) in [6.45, 7) is 0.839. The van der Waals surface area contributed by atoms with Crippen molar-refractivity contribution < 1.29 is 0 Å². The summed E-state index contributed by atoms with van der Waals surface area (Å²) in [7, 11) is 4.09. The predicted octanol–water partition coefficient (Wildman–Crippen LogP) is 2.61. The van der Waals surface area contributed by atoms with Gasteiger partial charge in [-0.25, -0.2) is 9.97 Å². The van der Waals surface area contributed by atoms with Gasteiger partial charge >= 0.3 is 0 Å².